The fraction of sp³-hybridized carbons (Fsp3) is 0.500. The number of carboxylic acids is 1. The van der Waals surface area contributed by atoms with Gasteiger partial charge < -0.3 is 10.4 Å². The molecule has 0 saturated heterocycles. The summed E-state index contributed by atoms with van der Waals surface area (Å²) in [5, 5.41) is 15.6. The Bertz CT molecular complexity index is 546. The van der Waals surface area contributed by atoms with Crippen LogP contribution in [0.5, 0.6) is 0 Å². The summed E-state index contributed by atoms with van der Waals surface area (Å²) in [5.41, 5.74) is 0.746. The summed E-state index contributed by atoms with van der Waals surface area (Å²) in [5.74, 6) is -1.21. The summed E-state index contributed by atoms with van der Waals surface area (Å²) in [6.45, 7) is 0.958. The highest BCUT2D eigenvalue weighted by Crippen LogP contribution is 2.19. The Morgan fingerprint density at radius 2 is 2.25 bits per heavy atom. The minimum atomic E-state index is -3.54. The topological polar surface area (TPSA) is 101 Å². The van der Waals surface area contributed by atoms with Crippen molar-refractivity contribution in [1.29, 1.82) is 0 Å². The molecule has 7 nitrogen and oxygen atoms in total. The van der Waals surface area contributed by atoms with Crippen LogP contribution >= 0.6 is 0 Å². The zero-order chi connectivity index (χ0) is 11.9. The van der Waals surface area contributed by atoms with E-state index in [0.717, 1.165) is 10.3 Å². The third kappa shape index (κ3) is 1.69. The molecule has 0 atom stereocenters. The molecule has 88 valence electrons. The van der Waals surface area contributed by atoms with Gasteiger partial charge in [0.1, 0.15) is 0 Å². The van der Waals surface area contributed by atoms with Gasteiger partial charge in [-0.25, -0.2) is 13.2 Å². The predicted molar refractivity (Wildman–Crippen MR) is 54.8 cm³/mol. The minimum Gasteiger partial charge on any atom is -0.476 e. The van der Waals surface area contributed by atoms with Crippen LogP contribution in [0.3, 0.4) is 0 Å². The van der Waals surface area contributed by atoms with Crippen molar-refractivity contribution < 1.29 is 18.3 Å². The number of carbonyl (C=O) groups is 1. The van der Waals surface area contributed by atoms with Crippen molar-refractivity contribution in [3.8, 4) is 0 Å². The van der Waals surface area contributed by atoms with Gasteiger partial charge in [0.25, 0.3) is 10.0 Å². The number of fused-ring (bicyclic) bond motifs is 1. The van der Waals surface area contributed by atoms with Gasteiger partial charge >= 0.3 is 5.97 Å². The van der Waals surface area contributed by atoms with Crippen molar-refractivity contribution in [3.05, 3.63) is 17.0 Å². The molecular weight excluding hydrogens is 234 g/mol. The molecule has 1 aliphatic heterocycles. The van der Waals surface area contributed by atoms with Gasteiger partial charge in [0.2, 0.25) is 0 Å². The van der Waals surface area contributed by atoms with E-state index in [0.29, 0.717) is 30.8 Å². The average molecular weight is 245 g/mol. The quantitative estimate of drug-likeness (QED) is 0.695. The first-order valence-electron chi connectivity index (χ1n) is 4.66. The van der Waals surface area contributed by atoms with Gasteiger partial charge in [-0.2, -0.15) is 9.19 Å². The highest BCUT2D eigenvalue weighted by atomic mass is 32.2. The van der Waals surface area contributed by atoms with Crippen molar-refractivity contribution in [2.24, 2.45) is 0 Å². The number of rotatable bonds is 2. The lowest BCUT2D eigenvalue weighted by atomic mass is 10.1. The van der Waals surface area contributed by atoms with E-state index in [2.05, 4.69) is 10.4 Å². The smallest absolute Gasteiger partial charge is 0.356 e. The Balaban J connectivity index is 2.69. The molecule has 0 radical (unpaired) electrons. The SMILES string of the molecule is CS(=O)(=O)n1nc(C(=O)O)c2c1CCNC2. The van der Waals surface area contributed by atoms with Crippen LogP contribution < -0.4 is 5.32 Å². The number of hydrogen-bond acceptors (Lipinski definition) is 5. The molecule has 2 rings (SSSR count). The highest BCUT2D eigenvalue weighted by Gasteiger charge is 2.27. The van der Waals surface area contributed by atoms with E-state index in [4.69, 9.17) is 5.11 Å². The fourth-order valence-electron chi connectivity index (χ4n) is 1.76. The van der Waals surface area contributed by atoms with E-state index in [1.54, 1.807) is 0 Å². The number of aromatic nitrogens is 2. The van der Waals surface area contributed by atoms with Crippen molar-refractivity contribution in [1.82, 2.24) is 14.5 Å². The van der Waals surface area contributed by atoms with Gasteiger partial charge in [0.05, 0.1) is 11.9 Å². The molecule has 0 bridgehead atoms. The van der Waals surface area contributed by atoms with Crippen LogP contribution in [-0.2, 0) is 23.0 Å². The number of hydrogen-bond donors (Lipinski definition) is 2. The van der Waals surface area contributed by atoms with Crippen LogP contribution in [0.1, 0.15) is 21.7 Å². The molecule has 0 aliphatic carbocycles. The van der Waals surface area contributed by atoms with Gasteiger partial charge in [-0.1, -0.05) is 0 Å². The first-order chi connectivity index (χ1) is 7.41. The maximum Gasteiger partial charge on any atom is 0.356 e. The van der Waals surface area contributed by atoms with E-state index < -0.39 is 16.0 Å². The van der Waals surface area contributed by atoms with Crippen molar-refractivity contribution in [3.63, 3.8) is 0 Å². The Morgan fingerprint density at radius 1 is 1.56 bits per heavy atom. The van der Waals surface area contributed by atoms with E-state index in [1.807, 2.05) is 0 Å². The third-order valence-corrected chi connectivity index (χ3v) is 3.34. The van der Waals surface area contributed by atoms with Crippen LogP contribution in [0.25, 0.3) is 0 Å². The van der Waals surface area contributed by atoms with E-state index in [9.17, 15) is 13.2 Å². The third-order valence-electron chi connectivity index (χ3n) is 2.41. The second-order valence-corrected chi connectivity index (χ2v) is 5.42. The first kappa shape index (κ1) is 11.1. The molecule has 8 heteroatoms. The molecule has 1 aliphatic rings. The lowest BCUT2D eigenvalue weighted by Gasteiger charge is -2.14. The predicted octanol–water partition coefficient (Wildman–Crippen LogP) is -0.965. The van der Waals surface area contributed by atoms with Gasteiger partial charge in [0, 0.05) is 25.1 Å². The Labute approximate surface area is 92.1 Å². The molecule has 0 fully saturated rings. The van der Waals surface area contributed by atoms with Crippen molar-refractivity contribution >= 4 is 16.0 Å². The number of nitrogens with one attached hydrogen (secondary N) is 1. The van der Waals surface area contributed by atoms with Crippen LogP contribution in [0, 0.1) is 0 Å². The van der Waals surface area contributed by atoms with Crippen LogP contribution in [-0.4, -0.2) is 41.5 Å². The van der Waals surface area contributed by atoms with E-state index in [1.165, 1.54) is 0 Å². The summed E-state index contributed by atoms with van der Waals surface area (Å²) >= 11 is 0. The highest BCUT2D eigenvalue weighted by molar-refractivity contribution is 7.89. The maximum atomic E-state index is 11.4. The Morgan fingerprint density at radius 3 is 2.81 bits per heavy atom. The van der Waals surface area contributed by atoms with Crippen LogP contribution in [0.4, 0.5) is 0 Å². The summed E-state index contributed by atoms with van der Waals surface area (Å²) in [6.07, 6.45) is 1.47. The molecule has 0 unspecified atom stereocenters. The zero-order valence-corrected chi connectivity index (χ0v) is 9.41. The zero-order valence-electron chi connectivity index (χ0n) is 8.60. The van der Waals surface area contributed by atoms with E-state index >= 15 is 0 Å². The lowest BCUT2D eigenvalue weighted by Crippen LogP contribution is -2.26. The summed E-state index contributed by atoms with van der Waals surface area (Å²) in [6, 6.07) is 0. The average Bonchev–Trinajstić information content (AvgIpc) is 2.56. The lowest BCUT2D eigenvalue weighted by molar-refractivity contribution is 0.0689. The molecule has 0 amide bonds. The molecule has 0 aromatic carbocycles. The molecule has 2 heterocycles. The monoisotopic (exact) mass is 245 g/mol. The van der Waals surface area contributed by atoms with Gasteiger partial charge in [-0.15, -0.1) is 0 Å². The van der Waals surface area contributed by atoms with Crippen molar-refractivity contribution in [2.45, 2.75) is 13.0 Å². The Kier molecular flexibility index (Phi) is 2.47. The summed E-state index contributed by atoms with van der Waals surface area (Å²) < 4.78 is 23.7. The minimum absolute atomic E-state index is 0.187. The number of nitrogens with zero attached hydrogens (tertiary/aromatic N) is 2. The van der Waals surface area contributed by atoms with Crippen LogP contribution in [0.2, 0.25) is 0 Å². The molecule has 0 spiro atoms. The summed E-state index contributed by atoms with van der Waals surface area (Å²) in [7, 11) is -3.54. The second kappa shape index (κ2) is 3.56. The van der Waals surface area contributed by atoms with E-state index in [-0.39, 0.29) is 5.69 Å². The molecule has 1 aromatic heterocycles. The van der Waals surface area contributed by atoms with Gasteiger partial charge in [0.15, 0.2) is 5.69 Å². The maximum absolute atomic E-state index is 11.4. The molecule has 2 N–H and O–H groups in total. The molecule has 16 heavy (non-hydrogen) atoms. The largest absolute Gasteiger partial charge is 0.476 e. The number of carboxylic acid groups (broad SMARTS) is 1. The second-order valence-electron chi connectivity index (χ2n) is 3.61. The number of aromatic carboxylic acids is 1. The van der Waals surface area contributed by atoms with Crippen molar-refractivity contribution in [2.75, 3.05) is 12.8 Å². The standard InChI is InChI=1S/C8H11N3O4S/c1-16(14,15)11-6-2-3-9-4-5(6)7(10-11)8(12)13/h9H,2-4H2,1H3,(H,12,13). The molecule has 1 aromatic rings. The van der Waals surface area contributed by atoms with Gasteiger partial charge in [-0.05, 0) is 0 Å². The van der Waals surface area contributed by atoms with Crippen LogP contribution in [0.15, 0.2) is 0 Å². The molecule has 0 saturated carbocycles. The summed E-state index contributed by atoms with van der Waals surface area (Å²) in [4.78, 5) is 10.9. The van der Waals surface area contributed by atoms with Gasteiger partial charge in [-0.3, -0.25) is 0 Å². The fourth-order valence-corrected chi connectivity index (χ4v) is 2.59. The first-order valence-corrected chi connectivity index (χ1v) is 6.51. The molecular formula is C8H11N3O4S. The Hall–Kier alpha value is -1.41. The normalized spacial score (nSPS) is 15.8.